The number of nitrogens with one attached hydrogen (secondary N) is 1. The first kappa shape index (κ1) is 22.0. The van der Waals surface area contributed by atoms with Crippen LogP contribution in [0.25, 0.3) is 0 Å². The van der Waals surface area contributed by atoms with Gasteiger partial charge in [-0.3, -0.25) is 4.79 Å². The predicted molar refractivity (Wildman–Crippen MR) is 99.3 cm³/mol. The molecule has 1 N–H and O–H groups in total. The third-order valence-electron chi connectivity index (χ3n) is 3.88. The smallest absolute Gasteiger partial charge is 0.416 e. The summed E-state index contributed by atoms with van der Waals surface area (Å²) in [5, 5.41) is 3.21. The molecule has 2 rings (SSSR count). The summed E-state index contributed by atoms with van der Waals surface area (Å²) in [6.45, 7) is 0. The van der Waals surface area contributed by atoms with Crippen LogP contribution in [-0.2, 0) is 33.3 Å². The maximum Gasteiger partial charge on any atom is 0.416 e. The van der Waals surface area contributed by atoms with Crippen molar-refractivity contribution >= 4 is 35.1 Å². The number of carbonyl (C=O) groups excluding carboxylic acids is 2. The van der Waals surface area contributed by atoms with Gasteiger partial charge in [0, 0.05) is 16.5 Å². The van der Waals surface area contributed by atoms with Gasteiger partial charge in [0.1, 0.15) is 6.04 Å². The molecule has 4 nitrogen and oxygen atoms in total. The number of benzene rings is 2. The SMILES string of the molecule is COC(=O)[C@@H](Cc1ccc(Cl)cc1Cl)NC(=O)Cc1cccc(C(F)(F)F)c1. The number of halogens is 5. The van der Waals surface area contributed by atoms with E-state index in [1.165, 1.54) is 18.2 Å². The Kier molecular flexibility index (Phi) is 7.32. The summed E-state index contributed by atoms with van der Waals surface area (Å²) >= 11 is 11.9. The topological polar surface area (TPSA) is 55.4 Å². The predicted octanol–water partition coefficient (Wildman–Crippen LogP) is 4.46. The van der Waals surface area contributed by atoms with E-state index in [9.17, 15) is 22.8 Å². The van der Waals surface area contributed by atoms with Gasteiger partial charge in [0.15, 0.2) is 0 Å². The van der Waals surface area contributed by atoms with E-state index in [4.69, 9.17) is 27.9 Å². The van der Waals surface area contributed by atoms with Crippen molar-refractivity contribution < 1.29 is 27.5 Å². The molecule has 0 heterocycles. The molecule has 0 aliphatic rings. The minimum atomic E-state index is -4.51. The van der Waals surface area contributed by atoms with Crippen molar-refractivity contribution in [2.45, 2.75) is 25.1 Å². The van der Waals surface area contributed by atoms with Gasteiger partial charge in [0.05, 0.1) is 19.1 Å². The van der Waals surface area contributed by atoms with Crippen molar-refractivity contribution in [1.29, 1.82) is 0 Å². The molecule has 9 heteroatoms. The molecule has 2 aromatic carbocycles. The van der Waals surface area contributed by atoms with Gasteiger partial charge in [-0.1, -0.05) is 47.5 Å². The lowest BCUT2D eigenvalue weighted by Crippen LogP contribution is -2.43. The van der Waals surface area contributed by atoms with Crippen molar-refractivity contribution in [3.8, 4) is 0 Å². The van der Waals surface area contributed by atoms with E-state index < -0.39 is 29.7 Å². The molecule has 0 aliphatic carbocycles. The number of carbonyl (C=O) groups is 2. The van der Waals surface area contributed by atoms with Gasteiger partial charge in [-0.25, -0.2) is 4.79 Å². The van der Waals surface area contributed by atoms with Crippen molar-refractivity contribution in [1.82, 2.24) is 5.32 Å². The molecule has 1 amide bonds. The number of ether oxygens (including phenoxy) is 1. The zero-order chi connectivity index (χ0) is 20.9. The highest BCUT2D eigenvalue weighted by molar-refractivity contribution is 6.35. The maximum absolute atomic E-state index is 12.8. The Bertz CT molecular complexity index is 872. The van der Waals surface area contributed by atoms with Crippen molar-refractivity contribution in [3.05, 3.63) is 69.2 Å². The van der Waals surface area contributed by atoms with E-state index in [1.54, 1.807) is 12.1 Å². The fraction of sp³-hybridized carbons (Fsp3) is 0.263. The minimum Gasteiger partial charge on any atom is -0.467 e. The highest BCUT2D eigenvalue weighted by atomic mass is 35.5. The monoisotopic (exact) mass is 433 g/mol. The molecule has 0 fully saturated rings. The highest BCUT2D eigenvalue weighted by Gasteiger charge is 2.30. The molecular formula is C19H16Cl2F3NO3. The molecule has 28 heavy (non-hydrogen) atoms. The second kappa shape index (κ2) is 9.30. The molecule has 0 aliphatic heterocycles. The van der Waals surface area contributed by atoms with Crippen LogP contribution in [0.3, 0.4) is 0 Å². The normalized spacial score (nSPS) is 12.4. The molecule has 0 unspecified atom stereocenters. The summed E-state index contributed by atoms with van der Waals surface area (Å²) in [6, 6.07) is 8.07. The Hall–Kier alpha value is -2.25. The molecule has 2 aromatic rings. The van der Waals surface area contributed by atoms with Gasteiger partial charge in [0.2, 0.25) is 5.91 Å². The maximum atomic E-state index is 12.8. The molecular weight excluding hydrogens is 418 g/mol. The first-order valence-corrected chi connectivity index (χ1v) is 8.83. The molecule has 0 radical (unpaired) electrons. The summed E-state index contributed by atoms with van der Waals surface area (Å²) in [5.41, 5.74) is -0.128. The molecule has 1 atom stereocenters. The van der Waals surface area contributed by atoms with Gasteiger partial charge in [0.25, 0.3) is 0 Å². The van der Waals surface area contributed by atoms with E-state index in [2.05, 4.69) is 5.32 Å². The standard InChI is InChI=1S/C19H16Cl2F3NO3/c1-28-18(27)16(9-12-5-6-14(20)10-15(12)21)25-17(26)8-11-3-2-4-13(7-11)19(22,23)24/h2-7,10,16H,8-9H2,1H3,(H,25,26)/t16-/m1/s1. The number of alkyl halides is 3. The lowest BCUT2D eigenvalue weighted by Gasteiger charge is -2.17. The Morgan fingerprint density at radius 2 is 1.86 bits per heavy atom. The van der Waals surface area contributed by atoms with Crippen molar-refractivity contribution in [3.63, 3.8) is 0 Å². The van der Waals surface area contributed by atoms with Gasteiger partial charge in [-0.2, -0.15) is 13.2 Å². The van der Waals surface area contributed by atoms with Gasteiger partial charge in [-0.15, -0.1) is 0 Å². The fourth-order valence-corrected chi connectivity index (χ4v) is 3.02. The number of esters is 1. The first-order chi connectivity index (χ1) is 13.1. The summed E-state index contributed by atoms with van der Waals surface area (Å²) in [5.74, 6) is -1.33. The molecule has 0 saturated heterocycles. The largest absolute Gasteiger partial charge is 0.467 e. The summed E-state index contributed by atoms with van der Waals surface area (Å²) in [7, 11) is 1.16. The average Bonchev–Trinajstić information content (AvgIpc) is 2.62. The van der Waals surface area contributed by atoms with Gasteiger partial charge < -0.3 is 10.1 Å². The number of methoxy groups -OCH3 is 1. The third-order valence-corrected chi connectivity index (χ3v) is 4.47. The van der Waals surface area contributed by atoms with Crippen LogP contribution in [0.15, 0.2) is 42.5 Å². The van der Waals surface area contributed by atoms with Crippen molar-refractivity contribution in [2.75, 3.05) is 7.11 Å². The Balaban J connectivity index is 2.12. The summed E-state index contributed by atoms with van der Waals surface area (Å²) < 4.78 is 43.1. The first-order valence-electron chi connectivity index (χ1n) is 8.07. The minimum absolute atomic E-state index is 0.0387. The third kappa shape index (κ3) is 6.14. The number of amides is 1. The van der Waals surface area contributed by atoms with Crippen LogP contribution in [-0.4, -0.2) is 25.0 Å². The lowest BCUT2D eigenvalue weighted by atomic mass is 10.0. The second-order valence-corrected chi connectivity index (χ2v) is 6.80. The van der Waals surface area contributed by atoms with E-state index >= 15 is 0 Å². The van der Waals surface area contributed by atoms with Crippen LogP contribution >= 0.6 is 23.2 Å². The molecule has 150 valence electrons. The fourth-order valence-electron chi connectivity index (χ4n) is 2.53. The Morgan fingerprint density at radius 3 is 2.46 bits per heavy atom. The van der Waals surface area contributed by atoms with Crippen molar-refractivity contribution in [2.24, 2.45) is 0 Å². The second-order valence-electron chi connectivity index (χ2n) is 5.96. The number of rotatable bonds is 6. The molecule has 0 aromatic heterocycles. The van der Waals surface area contributed by atoms with Gasteiger partial charge in [-0.05, 0) is 29.3 Å². The van der Waals surface area contributed by atoms with Gasteiger partial charge >= 0.3 is 12.1 Å². The van der Waals surface area contributed by atoms with E-state index in [0.29, 0.717) is 15.6 Å². The molecule has 0 spiro atoms. The lowest BCUT2D eigenvalue weighted by molar-refractivity contribution is -0.145. The zero-order valence-corrected chi connectivity index (χ0v) is 16.2. The summed E-state index contributed by atoms with van der Waals surface area (Å²) in [4.78, 5) is 24.3. The summed E-state index contributed by atoms with van der Waals surface area (Å²) in [6.07, 6.45) is -4.80. The van der Waals surface area contributed by atoms with E-state index in [-0.39, 0.29) is 18.4 Å². The Morgan fingerprint density at radius 1 is 1.14 bits per heavy atom. The zero-order valence-electron chi connectivity index (χ0n) is 14.6. The number of hydrogen-bond donors (Lipinski definition) is 1. The quantitative estimate of drug-likeness (QED) is 0.684. The van der Waals surface area contributed by atoms with Crippen LogP contribution in [0.4, 0.5) is 13.2 Å². The van der Waals surface area contributed by atoms with Crippen LogP contribution in [0.5, 0.6) is 0 Å². The van der Waals surface area contributed by atoms with Crippen LogP contribution < -0.4 is 5.32 Å². The van der Waals surface area contributed by atoms with E-state index in [0.717, 1.165) is 19.2 Å². The molecule has 0 saturated carbocycles. The van der Waals surface area contributed by atoms with Crippen LogP contribution in [0, 0.1) is 0 Å². The molecule has 0 bridgehead atoms. The van der Waals surface area contributed by atoms with E-state index in [1.807, 2.05) is 0 Å². The highest BCUT2D eigenvalue weighted by Crippen LogP contribution is 2.29. The number of hydrogen-bond acceptors (Lipinski definition) is 3. The van der Waals surface area contributed by atoms with Crippen LogP contribution in [0.1, 0.15) is 16.7 Å². The Labute approximate surface area is 169 Å². The van der Waals surface area contributed by atoms with Crippen LogP contribution in [0.2, 0.25) is 10.0 Å². The average molecular weight is 434 g/mol.